The highest BCUT2D eigenvalue weighted by atomic mass is 16.7. The van der Waals surface area contributed by atoms with E-state index in [4.69, 9.17) is 4.84 Å². The molecule has 1 atom stereocenters. The number of non-ortho nitro benzene ring substituents is 1. The van der Waals surface area contributed by atoms with E-state index in [1.807, 2.05) is 5.06 Å². The molecule has 1 heterocycles. The predicted octanol–water partition coefficient (Wildman–Crippen LogP) is 2.62. The van der Waals surface area contributed by atoms with Crippen LogP contribution in [0.15, 0.2) is 24.3 Å². The summed E-state index contributed by atoms with van der Waals surface area (Å²) in [5, 5.41) is 12.4. The number of rotatable bonds is 3. The van der Waals surface area contributed by atoms with Crippen LogP contribution < -0.4 is 4.84 Å². The van der Waals surface area contributed by atoms with Gasteiger partial charge in [-0.2, -0.15) is 0 Å². The van der Waals surface area contributed by atoms with Gasteiger partial charge in [-0.25, -0.2) is 0 Å². The lowest BCUT2D eigenvalue weighted by molar-refractivity contribution is -0.384. The number of hydrogen-bond donors (Lipinski definition) is 0. The maximum atomic E-state index is 10.5. The smallest absolute Gasteiger partial charge is 0.269 e. The third-order valence-electron chi connectivity index (χ3n) is 2.90. The Balaban J connectivity index is 1.96. The Morgan fingerprint density at radius 3 is 2.71 bits per heavy atom. The van der Waals surface area contributed by atoms with Gasteiger partial charge >= 0.3 is 0 Å². The van der Waals surface area contributed by atoms with Gasteiger partial charge in [-0.3, -0.25) is 10.1 Å². The molecule has 0 amide bonds. The van der Waals surface area contributed by atoms with Crippen LogP contribution in [0.25, 0.3) is 0 Å². The van der Waals surface area contributed by atoms with Crippen molar-refractivity contribution in [1.82, 2.24) is 5.06 Å². The van der Waals surface area contributed by atoms with Crippen LogP contribution >= 0.6 is 0 Å². The number of nitro benzene ring substituents is 1. The van der Waals surface area contributed by atoms with Crippen molar-refractivity contribution in [3.05, 3.63) is 34.4 Å². The molecule has 1 saturated heterocycles. The van der Waals surface area contributed by atoms with E-state index in [2.05, 4.69) is 6.92 Å². The molecule has 1 unspecified atom stereocenters. The average molecular weight is 236 g/mol. The molecule has 1 aromatic rings. The number of nitrogens with zero attached hydrogens (tertiary/aromatic N) is 2. The zero-order valence-electron chi connectivity index (χ0n) is 9.83. The van der Waals surface area contributed by atoms with Gasteiger partial charge in [0.15, 0.2) is 0 Å². The third-order valence-corrected chi connectivity index (χ3v) is 2.90. The lowest BCUT2D eigenvalue weighted by Gasteiger charge is -2.29. The second kappa shape index (κ2) is 5.14. The summed E-state index contributed by atoms with van der Waals surface area (Å²) in [6, 6.07) is 6.19. The Morgan fingerprint density at radius 1 is 1.41 bits per heavy atom. The summed E-state index contributed by atoms with van der Waals surface area (Å²) in [6.45, 7) is 4.03. The first-order valence-corrected chi connectivity index (χ1v) is 5.82. The maximum Gasteiger partial charge on any atom is 0.269 e. The van der Waals surface area contributed by atoms with E-state index in [0.29, 0.717) is 11.7 Å². The van der Waals surface area contributed by atoms with Crippen LogP contribution in [-0.4, -0.2) is 23.1 Å². The number of hydrogen-bond acceptors (Lipinski definition) is 4. The van der Waals surface area contributed by atoms with Gasteiger partial charge in [0, 0.05) is 25.2 Å². The highest BCUT2D eigenvalue weighted by molar-refractivity contribution is 5.35. The zero-order valence-corrected chi connectivity index (χ0v) is 9.83. The molecule has 1 fully saturated rings. The van der Waals surface area contributed by atoms with E-state index in [-0.39, 0.29) is 5.69 Å². The largest absolute Gasteiger partial charge is 0.406 e. The maximum absolute atomic E-state index is 10.5. The van der Waals surface area contributed by atoms with Gasteiger partial charge in [0.2, 0.25) is 0 Å². The van der Waals surface area contributed by atoms with Crippen molar-refractivity contribution < 1.29 is 9.76 Å². The number of hydroxylamine groups is 2. The fourth-order valence-corrected chi connectivity index (χ4v) is 2.01. The summed E-state index contributed by atoms with van der Waals surface area (Å²) in [4.78, 5) is 15.8. The number of benzene rings is 1. The van der Waals surface area contributed by atoms with E-state index in [9.17, 15) is 10.1 Å². The van der Waals surface area contributed by atoms with Crippen molar-refractivity contribution in [3.63, 3.8) is 0 Å². The van der Waals surface area contributed by atoms with Crippen LogP contribution in [0.4, 0.5) is 5.69 Å². The molecule has 92 valence electrons. The van der Waals surface area contributed by atoms with Gasteiger partial charge in [-0.05, 0) is 30.9 Å². The molecule has 1 aromatic carbocycles. The van der Waals surface area contributed by atoms with Crippen LogP contribution in [-0.2, 0) is 0 Å². The minimum Gasteiger partial charge on any atom is -0.406 e. The molecule has 0 aliphatic carbocycles. The standard InChI is InChI=1S/C12H16N2O3/c1-10-3-2-8-13(9-10)17-12-6-4-11(5-7-12)14(15)16/h4-7,10H,2-3,8-9H2,1H3. The van der Waals surface area contributed by atoms with E-state index >= 15 is 0 Å². The first-order valence-electron chi connectivity index (χ1n) is 5.82. The molecule has 0 bridgehead atoms. The molecule has 0 spiro atoms. The highest BCUT2D eigenvalue weighted by Crippen LogP contribution is 2.21. The van der Waals surface area contributed by atoms with E-state index < -0.39 is 4.92 Å². The Bertz CT molecular complexity index is 391. The molecule has 1 aliphatic heterocycles. The van der Waals surface area contributed by atoms with Crippen molar-refractivity contribution in [2.24, 2.45) is 5.92 Å². The van der Waals surface area contributed by atoms with Gasteiger partial charge in [0.25, 0.3) is 5.69 Å². The van der Waals surface area contributed by atoms with E-state index in [1.165, 1.54) is 18.6 Å². The second-order valence-electron chi connectivity index (χ2n) is 4.48. The Morgan fingerprint density at radius 2 is 2.12 bits per heavy atom. The molecule has 0 aromatic heterocycles. The fourth-order valence-electron chi connectivity index (χ4n) is 2.01. The minimum atomic E-state index is -0.410. The molecular formula is C12H16N2O3. The number of piperidine rings is 1. The minimum absolute atomic E-state index is 0.0874. The number of nitro groups is 1. The Hall–Kier alpha value is -1.62. The first-order chi connectivity index (χ1) is 8.15. The SMILES string of the molecule is CC1CCCN(Oc2ccc([N+](=O)[O-])cc2)C1. The normalized spacial score (nSPS) is 21.1. The molecule has 2 rings (SSSR count). The summed E-state index contributed by atoms with van der Waals surface area (Å²) < 4.78 is 0. The van der Waals surface area contributed by atoms with Gasteiger partial charge < -0.3 is 4.84 Å². The summed E-state index contributed by atoms with van der Waals surface area (Å²) in [5.41, 5.74) is 0.0874. The summed E-state index contributed by atoms with van der Waals surface area (Å²) in [7, 11) is 0. The quantitative estimate of drug-likeness (QED) is 0.598. The van der Waals surface area contributed by atoms with Crippen molar-refractivity contribution >= 4 is 5.69 Å². The van der Waals surface area contributed by atoms with Crippen molar-refractivity contribution in [1.29, 1.82) is 0 Å². The monoisotopic (exact) mass is 236 g/mol. The van der Waals surface area contributed by atoms with Crippen molar-refractivity contribution in [2.75, 3.05) is 13.1 Å². The third kappa shape index (κ3) is 3.17. The summed E-state index contributed by atoms with van der Waals surface area (Å²) in [6.07, 6.45) is 2.37. The molecule has 0 radical (unpaired) electrons. The van der Waals surface area contributed by atoms with Crippen LogP contribution in [0.3, 0.4) is 0 Å². The van der Waals surface area contributed by atoms with Crippen LogP contribution in [0.2, 0.25) is 0 Å². The lowest BCUT2D eigenvalue weighted by Crippen LogP contribution is -2.36. The molecule has 5 nitrogen and oxygen atoms in total. The molecule has 17 heavy (non-hydrogen) atoms. The lowest BCUT2D eigenvalue weighted by atomic mass is 10.0. The van der Waals surface area contributed by atoms with Crippen molar-refractivity contribution in [3.8, 4) is 5.75 Å². The summed E-state index contributed by atoms with van der Waals surface area (Å²) >= 11 is 0. The van der Waals surface area contributed by atoms with Crippen molar-refractivity contribution in [2.45, 2.75) is 19.8 Å². The molecule has 0 saturated carbocycles. The van der Waals surface area contributed by atoms with Gasteiger partial charge in [-0.1, -0.05) is 6.92 Å². The second-order valence-corrected chi connectivity index (χ2v) is 4.48. The first kappa shape index (κ1) is 11.9. The van der Waals surface area contributed by atoms with Crippen LogP contribution in [0.1, 0.15) is 19.8 Å². The predicted molar refractivity (Wildman–Crippen MR) is 63.7 cm³/mol. The molecule has 5 heteroatoms. The fraction of sp³-hybridized carbons (Fsp3) is 0.500. The van der Waals surface area contributed by atoms with Gasteiger partial charge in [0.1, 0.15) is 5.75 Å². The Kier molecular flexibility index (Phi) is 3.58. The molecule has 1 aliphatic rings. The topological polar surface area (TPSA) is 55.6 Å². The average Bonchev–Trinajstić information content (AvgIpc) is 2.29. The van der Waals surface area contributed by atoms with Crippen LogP contribution in [0.5, 0.6) is 5.75 Å². The zero-order chi connectivity index (χ0) is 12.3. The molecule has 0 N–H and O–H groups in total. The van der Waals surface area contributed by atoms with E-state index in [0.717, 1.165) is 19.5 Å². The Labute approximate surface area is 100 Å². The van der Waals surface area contributed by atoms with Crippen LogP contribution in [0, 0.1) is 16.0 Å². The van der Waals surface area contributed by atoms with E-state index in [1.54, 1.807) is 12.1 Å². The van der Waals surface area contributed by atoms with Gasteiger partial charge in [0.05, 0.1) is 4.92 Å². The summed E-state index contributed by atoms with van der Waals surface area (Å²) in [5.74, 6) is 1.30. The molecular weight excluding hydrogens is 220 g/mol. The highest BCUT2D eigenvalue weighted by Gasteiger charge is 2.17. The van der Waals surface area contributed by atoms with Gasteiger partial charge in [-0.15, -0.1) is 5.06 Å².